The average molecular weight is 676 g/mol. The molecule has 12 heteroatoms. The predicted octanol–water partition coefficient (Wildman–Crippen LogP) is 6.39. The molecule has 3 aromatic carbocycles. The summed E-state index contributed by atoms with van der Waals surface area (Å²) in [6.45, 7) is -0.954. The van der Waals surface area contributed by atoms with E-state index in [0.29, 0.717) is 49.8 Å². The third-order valence-corrected chi connectivity index (χ3v) is 9.00. The van der Waals surface area contributed by atoms with Crippen LogP contribution in [0.3, 0.4) is 0 Å². The number of hydrogen-bond donors (Lipinski definition) is 5. The van der Waals surface area contributed by atoms with Crippen LogP contribution in [0.4, 0.5) is 0 Å². The molecular formula is C33H33Cl3N2O7. The zero-order valence-electron chi connectivity index (χ0n) is 24.1. The van der Waals surface area contributed by atoms with Crippen molar-refractivity contribution in [1.82, 2.24) is 5.16 Å². The number of aromatic nitrogens is 1. The highest BCUT2D eigenvalue weighted by Gasteiger charge is 2.40. The molecule has 9 nitrogen and oxygen atoms in total. The lowest BCUT2D eigenvalue weighted by molar-refractivity contribution is 0.0692. The van der Waals surface area contributed by atoms with Gasteiger partial charge in [-0.15, -0.1) is 0 Å². The van der Waals surface area contributed by atoms with Crippen molar-refractivity contribution in [2.45, 2.75) is 49.2 Å². The van der Waals surface area contributed by atoms with E-state index in [-0.39, 0.29) is 12.2 Å². The van der Waals surface area contributed by atoms with Crippen molar-refractivity contribution in [3.63, 3.8) is 0 Å². The fourth-order valence-corrected chi connectivity index (χ4v) is 5.92. The van der Waals surface area contributed by atoms with Crippen LogP contribution in [0.25, 0.3) is 11.3 Å². The Balaban J connectivity index is 0.000000444. The minimum Gasteiger partial charge on any atom is -0.489 e. The SMILES string of the molecule is NC(CO)(CO)CO.O=C(O)c1ccc(C2CC2c2ccc(OCc3c(-c4c(Cl)cccc4Cl)noc3C3CC3)cc2Cl)cc1. The molecule has 238 valence electrons. The van der Waals surface area contributed by atoms with Crippen molar-refractivity contribution in [2.75, 3.05) is 19.8 Å². The van der Waals surface area contributed by atoms with E-state index in [9.17, 15) is 4.79 Å². The van der Waals surface area contributed by atoms with Crippen molar-refractivity contribution in [3.8, 4) is 17.0 Å². The number of benzene rings is 3. The molecule has 2 unspecified atom stereocenters. The molecule has 6 N–H and O–H groups in total. The summed E-state index contributed by atoms with van der Waals surface area (Å²) in [4.78, 5) is 11.1. The van der Waals surface area contributed by atoms with E-state index in [4.69, 9.17) is 70.2 Å². The predicted molar refractivity (Wildman–Crippen MR) is 171 cm³/mol. The highest BCUT2D eigenvalue weighted by atomic mass is 35.5. The molecule has 2 saturated carbocycles. The largest absolute Gasteiger partial charge is 0.489 e. The maximum Gasteiger partial charge on any atom is 0.335 e. The van der Waals surface area contributed by atoms with Crippen LogP contribution >= 0.6 is 34.8 Å². The smallest absolute Gasteiger partial charge is 0.335 e. The summed E-state index contributed by atoms with van der Waals surface area (Å²) < 4.78 is 11.9. The number of aliphatic hydroxyl groups is 3. The van der Waals surface area contributed by atoms with Gasteiger partial charge in [-0.05, 0) is 78.6 Å². The van der Waals surface area contributed by atoms with Crippen molar-refractivity contribution in [3.05, 3.63) is 104 Å². The van der Waals surface area contributed by atoms with Gasteiger partial charge in [-0.25, -0.2) is 4.79 Å². The van der Waals surface area contributed by atoms with E-state index in [0.717, 1.165) is 41.7 Å². The topological polar surface area (TPSA) is 159 Å². The summed E-state index contributed by atoms with van der Waals surface area (Å²) >= 11 is 19.6. The zero-order valence-corrected chi connectivity index (χ0v) is 26.4. The van der Waals surface area contributed by atoms with Crippen LogP contribution in [-0.4, -0.2) is 56.9 Å². The summed E-state index contributed by atoms with van der Waals surface area (Å²) in [5.74, 6) is 1.51. The second kappa shape index (κ2) is 14.1. The van der Waals surface area contributed by atoms with E-state index >= 15 is 0 Å². The van der Waals surface area contributed by atoms with Gasteiger partial charge in [0.1, 0.15) is 23.8 Å². The number of carbonyl (C=O) groups is 1. The number of halogens is 3. The minimum atomic E-state index is -1.21. The fourth-order valence-electron chi connectivity index (χ4n) is 5.03. The first-order valence-corrected chi connectivity index (χ1v) is 15.5. The zero-order chi connectivity index (χ0) is 32.3. The van der Waals surface area contributed by atoms with Crippen LogP contribution in [0, 0.1) is 0 Å². The summed E-state index contributed by atoms with van der Waals surface area (Å²) in [6.07, 6.45) is 3.08. The Labute approximate surface area is 275 Å². The van der Waals surface area contributed by atoms with Crippen LogP contribution in [-0.2, 0) is 6.61 Å². The number of carboxylic acids is 1. The lowest BCUT2D eigenvalue weighted by atomic mass is 10.0. The van der Waals surface area contributed by atoms with Crippen molar-refractivity contribution >= 4 is 40.8 Å². The van der Waals surface area contributed by atoms with E-state index < -0.39 is 31.3 Å². The molecule has 0 aliphatic heterocycles. The first-order chi connectivity index (χ1) is 21.6. The molecule has 2 atom stereocenters. The van der Waals surface area contributed by atoms with E-state index in [1.54, 1.807) is 30.3 Å². The maximum absolute atomic E-state index is 11.1. The van der Waals surface area contributed by atoms with Gasteiger partial charge in [0.2, 0.25) is 0 Å². The number of aliphatic hydroxyl groups excluding tert-OH is 3. The first kappa shape index (κ1) is 33.2. The van der Waals surface area contributed by atoms with Gasteiger partial charge in [-0.3, -0.25) is 0 Å². The molecule has 0 spiro atoms. The molecule has 2 fully saturated rings. The van der Waals surface area contributed by atoms with Gasteiger partial charge >= 0.3 is 5.97 Å². The Morgan fingerprint density at radius 1 is 0.933 bits per heavy atom. The van der Waals surface area contributed by atoms with Crippen molar-refractivity contribution < 1.29 is 34.5 Å². The molecule has 6 rings (SSSR count). The second-order valence-corrected chi connectivity index (χ2v) is 12.7. The number of ether oxygens (including phenoxy) is 1. The van der Waals surface area contributed by atoms with Crippen LogP contribution in [0.5, 0.6) is 5.75 Å². The number of hydrogen-bond acceptors (Lipinski definition) is 8. The number of nitrogens with zero attached hydrogens (tertiary/aromatic N) is 1. The molecule has 0 radical (unpaired) electrons. The normalized spacial score (nSPS) is 17.4. The van der Waals surface area contributed by atoms with Gasteiger partial charge in [0.15, 0.2) is 0 Å². The Morgan fingerprint density at radius 3 is 2.11 bits per heavy atom. The third-order valence-electron chi connectivity index (χ3n) is 8.04. The molecule has 2 aliphatic carbocycles. The molecule has 45 heavy (non-hydrogen) atoms. The maximum atomic E-state index is 11.1. The minimum absolute atomic E-state index is 0.254. The second-order valence-electron chi connectivity index (χ2n) is 11.4. The Kier molecular flexibility index (Phi) is 10.4. The molecule has 0 saturated heterocycles. The Bertz CT molecular complexity index is 1620. The molecule has 1 heterocycles. The van der Waals surface area contributed by atoms with Gasteiger partial charge in [0, 0.05) is 16.5 Å². The molecular weight excluding hydrogens is 643 g/mol. The number of rotatable bonds is 11. The highest BCUT2D eigenvalue weighted by molar-refractivity contribution is 6.39. The molecule has 1 aromatic heterocycles. The lowest BCUT2D eigenvalue weighted by Gasteiger charge is -2.20. The summed E-state index contributed by atoms with van der Waals surface area (Å²) in [5, 5.41) is 40.1. The first-order valence-electron chi connectivity index (χ1n) is 14.4. The van der Waals surface area contributed by atoms with Crippen molar-refractivity contribution in [2.24, 2.45) is 5.73 Å². The standard InChI is InChI=1S/C29H22Cl3NO4.C4H11NO3/c30-23-2-1-3-24(31)26(23)27-22(28(37-33-27)16-6-7-16)14-36-18-10-11-19(25(32)12-18)21-13-20(21)15-4-8-17(9-5-15)29(34)35;5-4(1-6,2-7)3-8/h1-5,8-12,16,20-21H,6-7,13-14H2,(H,34,35);6-8H,1-3,5H2. The quantitative estimate of drug-likeness (QED) is 0.121. The van der Waals surface area contributed by atoms with Gasteiger partial charge in [0.25, 0.3) is 0 Å². The average Bonchev–Trinajstić information content (AvgIpc) is 3.98. The number of carboxylic acid groups (broad SMARTS) is 1. The van der Waals surface area contributed by atoms with E-state index in [2.05, 4.69) is 5.16 Å². The fraction of sp³-hybridized carbons (Fsp3) is 0.333. The van der Waals surface area contributed by atoms with E-state index in [1.165, 1.54) is 0 Å². The number of nitrogens with two attached hydrogens (primary N) is 1. The number of aromatic carboxylic acids is 1. The Hall–Kier alpha value is -3.15. The Morgan fingerprint density at radius 2 is 1.58 bits per heavy atom. The van der Waals surface area contributed by atoms with Gasteiger partial charge in [-0.1, -0.05) is 64.2 Å². The van der Waals surface area contributed by atoms with Gasteiger partial charge < -0.3 is 35.4 Å². The van der Waals surface area contributed by atoms with Crippen LogP contribution in [0.2, 0.25) is 15.1 Å². The molecule has 0 bridgehead atoms. The molecule has 2 aliphatic rings. The summed E-state index contributed by atoms with van der Waals surface area (Å²) in [5.41, 5.74) is 8.51. The summed E-state index contributed by atoms with van der Waals surface area (Å²) in [6, 6.07) is 18.2. The van der Waals surface area contributed by atoms with Gasteiger partial charge in [0.05, 0.1) is 46.5 Å². The van der Waals surface area contributed by atoms with E-state index in [1.807, 2.05) is 30.3 Å². The van der Waals surface area contributed by atoms with Crippen LogP contribution in [0.1, 0.15) is 69.8 Å². The highest BCUT2D eigenvalue weighted by Crippen LogP contribution is 2.56. The van der Waals surface area contributed by atoms with Gasteiger partial charge in [-0.2, -0.15) is 0 Å². The third kappa shape index (κ3) is 7.64. The molecule has 0 amide bonds. The lowest BCUT2D eigenvalue weighted by Crippen LogP contribution is -2.50. The van der Waals surface area contributed by atoms with Crippen LogP contribution < -0.4 is 10.5 Å². The molecule has 4 aromatic rings. The van der Waals surface area contributed by atoms with Crippen LogP contribution in [0.15, 0.2) is 65.2 Å². The summed E-state index contributed by atoms with van der Waals surface area (Å²) in [7, 11) is 0. The van der Waals surface area contributed by atoms with Crippen molar-refractivity contribution in [1.29, 1.82) is 0 Å². The monoisotopic (exact) mass is 674 g/mol.